The van der Waals surface area contributed by atoms with E-state index in [1.54, 1.807) is 0 Å². The molecule has 2 rings (SSSR count). The third kappa shape index (κ3) is 2.61. The summed E-state index contributed by atoms with van der Waals surface area (Å²) < 4.78 is 13.8. The molecule has 0 bridgehead atoms. The minimum atomic E-state index is -0.948. The van der Waals surface area contributed by atoms with E-state index in [2.05, 4.69) is 5.32 Å². The van der Waals surface area contributed by atoms with Crippen LogP contribution < -0.4 is 5.32 Å². The van der Waals surface area contributed by atoms with Crippen molar-refractivity contribution in [1.29, 1.82) is 0 Å². The highest BCUT2D eigenvalue weighted by Gasteiger charge is 2.32. The molecular formula is C12H14FN3O4. The molecule has 0 aromatic heterocycles. The molecule has 1 amide bonds. The average Bonchev–Trinajstić information content (AvgIpc) is 2.83. The minimum Gasteiger partial charge on any atom is -0.390 e. The third-order valence-corrected chi connectivity index (χ3v) is 3.36. The Morgan fingerprint density at radius 2 is 2.25 bits per heavy atom. The predicted octanol–water partition coefficient (Wildman–Crippen LogP) is 0.139. The summed E-state index contributed by atoms with van der Waals surface area (Å²) in [5.41, 5.74) is -0.665. The molecule has 1 heterocycles. The van der Waals surface area contributed by atoms with Crippen LogP contribution >= 0.6 is 0 Å². The van der Waals surface area contributed by atoms with E-state index in [9.17, 15) is 24.4 Å². The van der Waals surface area contributed by atoms with Crippen LogP contribution in [-0.4, -0.2) is 53.1 Å². The van der Waals surface area contributed by atoms with E-state index >= 15 is 0 Å². The van der Waals surface area contributed by atoms with Crippen molar-refractivity contribution in [3.8, 4) is 0 Å². The number of carbonyl (C=O) groups excluding carboxylic acids is 1. The highest BCUT2D eigenvalue weighted by Crippen LogP contribution is 2.19. The molecule has 108 valence electrons. The summed E-state index contributed by atoms with van der Waals surface area (Å²) in [7, 11) is 1.46. The van der Waals surface area contributed by atoms with Crippen LogP contribution in [0.2, 0.25) is 0 Å². The van der Waals surface area contributed by atoms with Crippen LogP contribution in [0.25, 0.3) is 0 Å². The number of aliphatic hydroxyl groups excluding tert-OH is 1. The molecule has 1 aromatic rings. The van der Waals surface area contributed by atoms with E-state index in [0.29, 0.717) is 19.2 Å². The molecule has 1 fully saturated rings. The van der Waals surface area contributed by atoms with Crippen LogP contribution in [0, 0.1) is 15.9 Å². The molecule has 0 aliphatic carbocycles. The van der Waals surface area contributed by atoms with E-state index < -0.39 is 34.5 Å². The van der Waals surface area contributed by atoms with Crippen molar-refractivity contribution in [2.45, 2.75) is 12.1 Å². The van der Waals surface area contributed by atoms with Gasteiger partial charge in [0.15, 0.2) is 0 Å². The van der Waals surface area contributed by atoms with Crippen molar-refractivity contribution in [2.24, 2.45) is 0 Å². The summed E-state index contributed by atoms with van der Waals surface area (Å²) in [6.07, 6.45) is -0.718. The number of nitro benzene ring substituents is 1. The molecule has 1 aliphatic heterocycles. The first-order chi connectivity index (χ1) is 9.41. The largest absolute Gasteiger partial charge is 0.390 e. The number of benzene rings is 1. The van der Waals surface area contributed by atoms with Gasteiger partial charge >= 0.3 is 0 Å². The molecule has 1 aliphatic rings. The molecule has 0 saturated carbocycles. The summed E-state index contributed by atoms with van der Waals surface area (Å²) in [6.45, 7) is 0.781. The van der Waals surface area contributed by atoms with Gasteiger partial charge in [-0.3, -0.25) is 14.9 Å². The summed E-state index contributed by atoms with van der Waals surface area (Å²) in [5.74, 6) is -1.57. The van der Waals surface area contributed by atoms with Gasteiger partial charge in [-0.15, -0.1) is 0 Å². The number of β-amino-alcohol motifs (C(OH)–C–C–N with tert-alkyl or cyclic N) is 1. The number of halogens is 1. The minimum absolute atomic E-state index is 0.253. The highest BCUT2D eigenvalue weighted by atomic mass is 19.1. The first-order valence-corrected chi connectivity index (χ1v) is 6.01. The number of non-ortho nitro benzene ring substituents is 1. The van der Waals surface area contributed by atoms with Gasteiger partial charge in [0.1, 0.15) is 5.82 Å². The first kappa shape index (κ1) is 14.4. The van der Waals surface area contributed by atoms with Crippen molar-refractivity contribution in [1.82, 2.24) is 10.2 Å². The Kier molecular flexibility index (Phi) is 3.96. The summed E-state index contributed by atoms with van der Waals surface area (Å²) in [6, 6.07) is 2.43. The highest BCUT2D eigenvalue weighted by molar-refractivity contribution is 5.94. The van der Waals surface area contributed by atoms with Gasteiger partial charge in [-0.2, -0.15) is 0 Å². The molecule has 20 heavy (non-hydrogen) atoms. The van der Waals surface area contributed by atoms with Gasteiger partial charge in [0.25, 0.3) is 11.6 Å². The van der Waals surface area contributed by atoms with Crippen LogP contribution in [0.15, 0.2) is 18.2 Å². The SMILES string of the molecule is CN(C(=O)c1ccc([N+](=O)[O-])cc1F)[C@H]1CNC[C@@H]1O. The Hall–Kier alpha value is -2.06. The van der Waals surface area contributed by atoms with Crippen LogP contribution in [0.1, 0.15) is 10.4 Å². The maximum Gasteiger partial charge on any atom is 0.272 e. The van der Waals surface area contributed by atoms with Crippen molar-refractivity contribution >= 4 is 11.6 Å². The van der Waals surface area contributed by atoms with Gasteiger partial charge in [0.05, 0.1) is 28.7 Å². The molecule has 7 nitrogen and oxygen atoms in total. The normalized spacial score (nSPS) is 21.8. The zero-order valence-electron chi connectivity index (χ0n) is 10.7. The Labute approximate surface area is 114 Å². The second-order valence-corrected chi connectivity index (χ2v) is 4.63. The zero-order valence-corrected chi connectivity index (χ0v) is 10.7. The van der Waals surface area contributed by atoms with Crippen molar-refractivity contribution in [2.75, 3.05) is 20.1 Å². The van der Waals surface area contributed by atoms with Crippen LogP contribution in [0.3, 0.4) is 0 Å². The lowest BCUT2D eigenvalue weighted by atomic mass is 10.1. The first-order valence-electron chi connectivity index (χ1n) is 6.01. The summed E-state index contributed by atoms with van der Waals surface area (Å²) in [4.78, 5) is 23.2. The van der Waals surface area contributed by atoms with E-state index in [1.807, 2.05) is 0 Å². The molecule has 1 aromatic carbocycles. The van der Waals surface area contributed by atoms with Crippen LogP contribution in [-0.2, 0) is 0 Å². The number of carbonyl (C=O) groups is 1. The second-order valence-electron chi connectivity index (χ2n) is 4.63. The number of rotatable bonds is 3. The van der Waals surface area contributed by atoms with E-state index in [-0.39, 0.29) is 5.56 Å². The number of hydrogen-bond acceptors (Lipinski definition) is 5. The Balaban J connectivity index is 2.22. The lowest BCUT2D eigenvalue weighted by Crippen LogP contribution is -2.44. The smallest absolute Gasteiger partial charge is 0.272 e. The monoisotopic (exact) mass is 283 g/mol. The topological polar surface area (TPSA) is 95.7 Å². The van der Waals surface area contributed by atoms with Gasteiger partial charge in [-0.05, 0) is 6.07 Å². The lowest BCUT2D eigenvalue weighted by Gasteiger charge is -2.26. The Morgan fingerprint density at radius 1 is 1.55 bits per heavy atom. The van der Waals surface area contributed by atoms with E-state index in [1.165, 1.54) is 11.9 Å². The fourth-order valence-corrected chi connectivity index (χ4v) is 2.18. The maximum absolute atomic E-state index is 13.8. The van der Waals surface area contributed by atoms with Crippen LogP contribution in [0.4, 0.5) is 10.1 Å². The fraction of sp³-hybridized carbons (Fsp3) is 0.417. The average molecular weight is 283 g/mol. The molecule has 0 unspecified atom stereocenters. The van der Waals surface area contributed by atoms with E-state index in [0.717, 1.165) is 12.1 Å². The van der Waals surface area contributed by atoms with Crippen LogP contribution in [0.5, 0.6) is 0 Å². The predicted molar refractivity (Wildman–Crippen MR) is 67.8 cm³/mol. The van der Waals surface area contributed by atoms with Gasteiger partial charge in [0.2, 0.25) is 0 Å². The third-order valence-electron chi connectivity index (χ3n) is 3.36. The quantitative estimate of drug-likeness (QED) is 0.607. The lowest BCUT2D eigenvalue weighted by molar-refractivity contribution is -0.385. The molecule has 8 heteroatoms. The van der Waals surface area contributed by atoms with Crippen molar-refractivity contribution in [3.05, 3.63) is 39.7 Å². The molecule has 0 radical (unpaired) electrons. The number of aliphatic hydroxyl groups is 1. The Morgan fingerprint density at radius 3 is 2.75 bits per heavy atom. The Bertz CT molecular complexity index is 552. The number of likely N-dealkylation sites (N-methyl/N-ethyl adjacent to an activating group) is 1. The molecule has 1 saturated heterocycles. The van der Waals surface area contributed by atoms with E-state index in [4.69, 9.17) is 0 Å². The summed E-state index contributed by atoms with van der Waals surface area (Å²) in [5, 5.41) is 23.1. The van der Waals surface area contributed by atoms with Gasteiger partial charge in [0, 0.05) is 26.2 Å². The standard InChI is InChI=1S/C12H14FN3O4/c1-15(10-5-14-6-11(10)17)12(18)8-3-2-7(16(19)20)4-9(8)13/h2-4,10-11,14,17H,5-6H2,1H3/t10-,11-/m0/s1. The maximum atomic E-state index is 13.8. The number of nitrogens with zero attached hydrogens (tertiary/aromatic N) is 2. The number of nitrogens with one attached hydrogen (secondary N) is 1. The number of hydrogen-bond donors (Lipinski definition) is 2. The molecule has 0 spiro atoms. The second kappa shape index (κ2) is 5.51. The van der Waals surface area contributed by atoms with Gasteiger partial charge < -0.3 is 15.3 Å². The van der Waals surface area contributed by atoms with Crippen molar-refractivity contribution < 1.29 is 19.2 Å². The molecular weight excluding hydrogens is 269 g/mol. The molecule has 2 N–H and O–H groups in total. The number of nitro groups is 1. The zero-order chi connectivity index (χ0) is 14.9. The number of amides is 1. The summed E-state index contributed by atoms with van der Waals surface area (Å²) >= 11 is 0. The molecule has 2 atom stereocenters. The fourth-order valence-electron chi connectivity index (χ4n) is 2.18. The van der Waals surface area contributed by atoms with Gasteiger partial charge in [-0.1, -0.05) is 0 Å². The van der Waals surface area contributed by atoms with Gasteiger partial charge in [-0.25, -0.2) is 4.39 Å². The van der Waals surface area contributed by atoms with Crippen molar-refractivity contribution in [3.63, 3.8) is 0 Å².